The van der Waals surface area contributed by atoms with Crippen LogP contribution in [0.25, 0.3) is 0 Å². The van der Waals surface area contributed by atoms with E-state index in [9.17, 15) is 14.7 Å². The fraction of sp³-hybridized carbons (Fsp3) is 0.579. The number of carboxylic acids is 1. The molecular weight excluding hydrogens is 306 g/mol. The van der Waals surface area contributed by atoms with Crippen LogP contribution in [0.4, 0.5) is 0 Å². The molecule has 1 fully saturated rings. The lowest BCUT2D eigenvalue weighted by molar-refractivity contribution is -0.151. The maximum atomic E-state index is 12.6. The molecule has 132 valence electrons. The number of carboxylic acid groups (broad SMARTS) is 1. The van der Waals surface area contributed by atoms with Crippen molar-refractivity contribution in [3.05, 3.63) is 29.8 Å². The largest absolute Gasteiger partial charge is 0.494 e. The van der Waals surface area contributed by atoms with E-state index in [1.54, 1.807) is 4.90 Å². The second kappa shape index (κ2) is 7.69. The summed E-state index contributed by atoms with van der Waals surface area (Å²) in [5.41, 5.74) is 0.0767. The molecule has 24 heavy (non-hydrogen) atoms. The summed E-state index contributed by atoms with van der Waals surface area (Å²) >= 11 is 0. The van der Waals surface area contributed by atoms with Crippen molar-refractivity contribution in [1.29, 1.82) is 0 Å². The van der Waals surface area contributed by atoms with Crippen LogP contribution in [0.3, 0.4) is 0 Å². The lowest BCUT2D eigenvalue weighted by atomic mass is 9.76. The topological polar surface area (TPSA) is 66.8 Å². The van der Waals surface area contributed by atoms with E-state index in [0.29, 0.717) is 26.1 Å². The highest BCUT2D eigenvalue weighted by molar-refractivity contribution is 5.82. The van der Waals surface area contributed by atoms with Crippen molar-refractivity contribution >= 4 is 11.9 Å². The van der Waals surface area contributed by atoms with Gasteiger partial charge in [-0.3, -0.25) is 9.59 Å². The first-order chi connectivity index (χ1) is 11.4. The third-order valence-corrected chi connectivity index (χ3v) is 4.91. The van der Waals surface area contributed by atoms with E-state index in [4.69, 9.17) is 4.74 Å². The van der Waals surface area contributed by atoms with Crippen molar-refractivity contribution in [1.82, 2.24) is 4.90 Å². The maximum Gasteiger partial charge on any atom is 0.311 e. The number of amides is 1. The zero-order valence-corrected chi connectivity index (χ0v) is 14.7. The number of benzene rings is 1. The Morgan fingerprint density at radius 2 is 2.12 bits per heavy atom. The molecule has 1 N–H and O–H groups in total. The quantitative estimate of drug-likeness (QED) is 0.833. The lowest BCUT2D eigenvalue weighted by Crippen LogP contribution is -2.41. The Labute approximate surface area is 143 Å². The number of hydrogen-bond donors (Lipinski definition) is 1. The van der Waals surface area contributed by atoms with Crippen molar-refractivity contribution in [3.63, 3.8) is 0 Å². The molecule has 1 aromatic rings. The Hall–Kier alpha value is -2.04. The molecular formula is C19H27NO4. The predicted octanol–water partition coefficient (Wildman–Crippen LogP) is 2.98. The van der Waals surface area contributed by atoms with Crippen LogP contribution in [0.5, 0.6) is 5.75 Å². The third kappa shape index (κ3) is 3.89. The minimum Gasteiger partial charge on any atom is -0.494 e. The normalized spacial score (nSPS) is 20.4. The molecule has 1 aliphatic heterocycles. The smallest absolute Gasteiger partial charge is 0.311 e. The molecule has 5 heteroatoms. The van der Waals surface area contributed by atoms with Crippen molar-refractivity contribution in [2.24, 2.45) is 11.3 Å². The summed E-state index contributed by atoms with van der Waals surface area (Å²) in [6.07, 6.45) is 1.73. The Kier molecular flexibility index (Phi) is 5.86. The Balaban J connectivity index is 2.02. The van der Waals surface area contributed by atoms with Crippen LogP contribution < -0.4 is 4.74 Å². The highest BCUT2D eigenvalue weighted by Gasteiger charge is 2.48. The van der Waals surface area contributed by atoms with E-state index in [1.807, 2.05) is 45.0 Å². The summed E-state index contributed by atoms with van der Waals surface area (Å²) in [7, 11) is 0. The summed E-state index contributed by atoms with van der Waals surface area (Å²) in [6.45, 7) is 7.33. The first-order valence-corrected chi connectivity index (χ1v) is 8.62. The summed E-state index contributed by atoms with van der Waals surface area (Å²) < 4.78 is 5.60. The van der Waals surface area contributed by atoms with Crippen LogP contribution in [0, 0.1) is 11.3 Å². The van der Waals surface area contributed by atoms with Crippen LogP contribution in [0.1, 0.15) is 39.2 Å². The van der Waals surface area contributed by atoms with E-state index in [-0.39, 0.29) is 18.2 Å². The molecule has 2 rings (SSSR count). The minimum absolute atomic E-state index is 0.00132. The summed E-state index contributed by atoms with van der Waals surface area (Å²) in [5, 5.41) is 9.59. The fourth-order valence-corrected chi connectivity index (χ4v) is 3.19. The molecule has 1 amide bonds. The monoisotopic (exact) mass is 333 g/mol. The van der Waals surface area contributed by atoms with Gasteiger partial charge in [-0.05, 0) is 36.5 Å². The van der Waals surface area contributed by atoms with Crippen LogP contribution in [0.15, 0.2) is 24.3 Å². The molecule has 5 nitrogen and oxygen atoms in total. The summed E-state index contributed by atoms with van der Waals surface area (Å²) in [6, 6.07) is 7.55. The average Bonchev–Trinajstić information content (AvgIpc) is 3.00. The molecule has 1 aliphatic rings. The number of carbonyl (C=O) groups is 2. The van der Waals surface area contributed by atoms with Gasteiger partial charge in [0.05, 0.1) is 18.4 Å². The van der Waals surface area contributed by atoms with Gasteiger partial charge >= 0.3 is 5.97 Å². The van der Waals surface area contributed by atoms with Crippen molar-refractivity contribution in [3.8, 4) is 5.75 Å². The fourth-order valence-electron chi connectivity index (χ4n) is 3.19. The number of ether oxygens (including phenoxy) is 1. The highest BCUT2D eigenvalue weighted by atomic mass is 16.5. The summed E-state index contributed by atoms with van der Waals surface area (Å²) in [4.78, 5) is 25.9. The Morgan fingerprint density at radius 3 is 2.71 bits per heavy atom. The zero-order valence-electron chi connectivity index (χ0n) is 14.7. The number of rotatable bonds is 7. The van der Waals surface area contributed by atoms with Gasteiger partial charge in [0.1, 0.15) is 5.75 Å². The van der Waals surface area contributed by atoms with E-state index < -0.39 is 11.4 Å². The maximum absolute atomic E-state index is 12.6. The van der Waals surface area contributed by atoms with Gasteiger partial charge in [-0.1, -0.05) is 32.9 Å². The molecule has 1 aromatic carbocycles. The van der Waals surface area contributed by atoms with Gasteiger partial charge in [-0.25, -0.2) is 0 Å². The molecule has 0 radical (unpaired) electrons. The molecule has 1 atom stereocenters. The van der Waals surface area contributed by atoms with Gasteiger partial charge in [0.25, 0.3) is 0 Å². The van der Waals surface area contributed by atoms with E-state index >= 15 is 0 Å². The number of aliphatic carboxylic acids is 1. The van der Waals surface area contributed by atoms with Crippen LogP contribution in [-0.2, 0) is 16.0 Å². The average molecular weight is 333 g/mol. The highest BCUT2D eigenvalue weighted by Crippen LogP contribution is 2.38. The molecule has 0 aliphatic carbocycles. The zero-order chi connectivity index (χ0) is 17.7. The Bertz CT molecular complexity index is 599. The van der Waals surface area contributed by atoms with Crippen LogP contribution in [-0.4, -0.2) is 41.6 Å². The second-order valence-electron chi connectivity index (χ2n) is 6.85. The van der Waals surface area contributed by atoms with Gasteiger partial charge < -0.3 is 14.7 Å². The molecule has 1 unspecified atom stereocenters. The van der Waals surface area contributed by atoms with Gasteiger partial charge in [0.2, 0.25) is 5.91 Å². The van der Waals surface area contributed by atoms with E-state index in [2.05, 4.69) is 0 Å². The molecule has 0 saturated carbocycles. The van der Waals surface area contributed by atoms with E-state index in [0.717, 1.165) is 17.7 Å². The number of nitrogens with zero attached hydrogens (tertiary/aromatic N) is 1. The number of likely N-dealkylation sites (tertiary alicyclic amines) is 1. The van der Waals surface area contributed by atoms with Crippen molar-refractivity contribution in [2.45, 2.75) is 40.0 Å². The SMILES string of the molecule is CCCOc1cccc(CC(=O)N2CCC(C(=O)O)(C(C)C)C2)c1. The molecule has 0 aromatic heterocycles. The Morgan fingerprint density at radius 1 is 1.38 bits per heavy atom. The summed E-state index contributed by atoms with van der Waals surface area (Å²) in [5.74, 6) is -0.0570. The van der Waals surface area contributed by atoms with E-state index in [1.165, 1.54) is 0 Å². The predicted molar refractivity (Wildman–Crippen MR) is 92.0 cm³/mol. The van der Waals surface area contributed by atoms with Gasteiger partial charge in [0.15, 0.2) is 0 Å². The minimum atomic E-state index is -0.818. The van der Waals surface area contributed by atoms with Gasteiger partial charge in [-0.2, -0.15) is 0 Å². The molecule has 1 saturated heterocycles. The molecule has 0 bridgehead atoms. The number of hydrogen-bond acceptors (Lipinski definition) is 3. The van der Waals surface area contributed by atoms with Crippen LogP contribution >= 0.6 is 0 Å². The standard InChI is InChI=1S/C19H27NO4/c1-4-10-24-16-7-5-6-15(11-16)12-17(21)20-9-8-19(13-20,14(2)3)18(22)23/h5-7,11,14H,4,8-10,12-13H2,1-3H3,(H,22,23). The van der Waals surface area contributed by atoms with Gasteiger partial charge in [0, 0.05) is 13.1 Å². The van der Waals surface area contributed by atoms with Gasteiger partial charge in [-0.15, -0.1) is 0 Å². The second-order valence-corrected chi connectivity index (χ2v) is 6.85. The first kappa shape index (κ1) is 18.3. The lowest BCUT2D eigenvalue weighted by Gasteiger charge is -2.28. The van der Waals surface area contributed by atoms with Crippen molar-refractivity contribution in [2.75, 3.05) is 19.7 Å². The third-order valence-electron chi connectivity index (χ3n) is 4.91. The van der Waals surface area contributed by atoms with Crippen LogP contribution in [0.2, 0.25) is 0 Å². The number of carbonyl (C=O) groups excluding carboxylic acids is 1. The first-order valence-electron chi connectivity index (χ1n) is 8.62. The van der Waals surface area contributed by atoms with Crippen molar-refractivity contribution < 1.29 is 19.4 Å². The molecule has 0 spiro atoms. The molecule has 1 heterocycles.